The number of carbonyl (C=O) groups excluding carboxylic acids is 2. The number of carbonyl (C=O) groups is 2. The van der Waals surface area contributed by atoms with Gasteiger partial charge in [-0.25, -0.2) is 9.37 Å². The van der Waals surface area contributed by atoms with Crippen LogP contribution >= 0.6 is 0 Å². The fraction of sp³-hybridized carbons (Fsp3) is 0.290. The van der Waals surface area contributed by atoms with Crippen molar-refractivity contribution in [1.82, 2.24) is 15.3 Å². The van der Waals surface area contributed by atoms with Gasteiger partial charge < -0.3 is 25.6 Å². The normalized spacial score (nSPS) is 21.5. The van der Waals surface area contributed by atoms with E-state index in [4.69, 9.17) is 15.2 Å². The van der Waals surface area contributed by atoms with Crippen molar-refractivity contribution < 1.29 is 41.7 Å². The number of aromatic nitrogens is 2. The molecule has 0 saturated heterocycles. The molecule has 13 heteroatoms. The summed E-state index contributed by atoms with van der Waals surface area (Å²) in [6, 6.07) is 11.9. The third kappa shape index (κ3) is 4.41. The predicted molar refractivity (Wildman–Crippen MR) is 147 cm³/mol. The van der Waals surface area contributed by atoms with E-state index in [1.54, 1.807) is 18.3 Å². The summed E-state index contributed by atoms with van der Waals surface area (Å²) in [6.07, 6.45) is -2.71. The highest BCUT2D eigenvalue weighted by atomic mass is 19.4. The van der Waals surface area contributed by atoms with Crippen LogP contribution < -0.4 is 20.5 Å². The van der Waals surface area contributed by atoms with E-state index in [1.807, 2.05) is 0 Å². The molecule has 4 N–H and O–H groups in total. The molecule has 2 amide bonds. The van der Waals surface area contributed by atoms with Crippen LogP contribution in [0.2, 0.25) is 0 Å². The van der Waals surface area contributed by atoms with E-state index in [9.17, 15) is 32.3 Å². The van der Waals surface area contributed by atoms with Crippen molar-refractivity contribution >= 4 is 22.7 Å². The number of aliphatic hydroxyl groups is 1. The van der Waals surface area contributed by atoms with Gasteiger partial charge in [0.1, 0.15) is 34.3 Å². The third-order valence-corrected chi connectivity index (χ3v) is 8.32. The van der Waals surface area contributed by atoms with Gasteiger partial charge in [-0.2, -0.15) is 13.2 Å². The van der Waals surface area contributed by atoms with Crippen molar-refractivity contribution in [3.8, 4) is 22.8 Å². The van der Waals surface area contributed by atoms with Crippen molar-refractivity contribution in [1.29, 1.82) is 0 Å². The number of primary amides is 1. The van der Waals surface area contributed by atoms with Gasteiger partial charge in [-0.3, -0.25) is 14.6 Å². The first-order valence-corrected chi connectivity index (χ1v) is 13.8. The van der Waals surface area contributed by atoms with Gasteiger partial charge >= 0.3 is 6.18 Å². The van der Waals surface area contributed by atoms with Gasteiger partial charge in [0, 0.05) is 34.7 Å². The fourth-order valence-corrected chi connectivity index (χ4v) is 5.58. The number of alkyl halides is 3. The van der Waals surface area contributed by atoms with Crippen LogP contribution in [0.3, 0.4) is 0 Å². The zero-order chi connectivity index (χ0) is 31.0. The second-order valence-electron chi connectivity index (χ2n) is 11.3. The van der Waals surface area contributed by atoms with Crippen LogP contribution in [0.1, 0.15) is 40.9 Å². The first kappa shape index (κ1) is 28.0. The Morgan fingerprint density at radius 3 is 2.57 bits per heavy atom. The van der Waals surface area contributed by atoms with Crippen LogP contribution in [0.15, 0.2) is 60.8 Å². The Morgan fingerprint density at radius 2 is 1.89 bits per heavy atom. The number of nitrogens with one attached hydrogen (secondary N) is 1. The van der Waals surface area contributed by atoms with Crippen molar-refractivity contribution in [2.24, 2.45) is 5.73 Å². The molecule has 2 saturated carbocycles. The Bertz CT molecular complexity index is 1850. The lowest BCUT2D eigenvalue weighted by Crippen LogP contribution is -2.51. The second-order valence-corrected chi connectivity index (χ2v) is 11.3. The zero-order valence-electron chi connectivity index (χ0n) is 22.8. The van der Waals surface area contributed by atoms with Crippen molar-refractivity contribution in [2.75, 3.05) is 6.54 Å². The van der Waals surface area contributed by atoms with Gasteiger partial charge in [0.25, 0.3) is 5.91 Å². The number of ether oxygens (including phenoxy) is 2. The van der Waals surface area contributed by atoms with Crippen LogP contribution in [0.5, 0.6) is 11.5 Å². The zero-order valence-corrected chi connectivity index (χ0v) is 22.8. The lowest BCUT2D eigenvalue weighted by molar-refractivity contribution is -0.265. The lowest BCUT2D eigenvalue weighted by Gasteiger charge is -2.31. The molecule has 7 rings (SSSR count). The Morgan fingerprint density at radius 1 is 1.14 bits per heavy atom. The predicted octanol–water partition coefficient (Wildman–Crippen LogP) is 4.04. The van der Waals surface area contributed by atoms with Gasteiger partial charge in [-0.15, -0.1) is 0 Å². The van der Waals surface area contributed by atoms with Gasteiger partial charge in [0.15, 0.2) is 5.75 Å². The largest absolute Gasteiger partial charge is 0.488 e. The molecule has 44 heavy (non-hydrogen) atoms. The van der Waals surface area contributed by atoms with Gasteiger partial charge in [-0.1, -0.05) is 6.07 Å². The van der Waals surface area contributed by atoms with Crippen LogP contribution in [-0.2, 0) is 15.8 Å². The van der Waals surface area contributed by atoms with Crippen LogP contribution in [0, 0.1) is 5.82 Å². The van der Waals surface area contributed by atoms with Crippen molar-refractivity contribution in [2.45, 2.75) is 48.7 Å². The molecule has 2 aromatic carbocycles. The maximum Gasteiger partial charge on any atom is 0.424 e. The minimum absolute atomic E-state index is 0.00138. The number of rotatable bonds is 8. The summed E-state index contributed by atoms with van der Waals surface area (Å²) in [4.78, 5) is 34.1. The smallest absolute Gasteiger partial charge is 0.424 e. The molecule has 3 heterocycles. The van der Waals surface area contributed by atoms with Crippen LogP contribution in [0.4, 0.5) is 17.6 Å². The molecule has 1 aliphatic heterocycles. The molecule has 9 nitrogen and oxygen atoms in total. The molecule has 2 aliphatic carbocycles. The van der Waals surface area contributed by atoms with E-state index in [-0.39, 0.29) is 40.7 Å². The molecule has 3 atom stereocenters. The summed E-state index contributed by atoms with van der Waals surface area (Å²) in [5, 5.41) is 14.0. The average molecular weight is 609 g/mol. The topological polar surface area (TPSA) is 137 Å². The maximum atomic E-state index is 14.7. The molecule has 2 fully saturated rings. The van der Waals surface area contributed by atoms with E-state index in [2.05, 4.69) is 15.3 Å². The van der Waals surface area contributed by atoms with E-state index in [0.29, 0.717) is 16.7 Å². The van der Waals surface area contributed by atoms with Gasteiger partial charge in [0.05, 0.1) is 18.3 Å². The molecule has 3 aliphatic rings. The molecular weight excluding hydrogens is 584 g/mol. The molecule has 226 valence electrons. The number of hydrogen-bond acceptors (Lipinski definition) is 7. The Balaban J connectivity index is 1.27. The monoisotopic (exact) mass is 608 g/mol. The third-order valence-electron chi connectivity index (χ3n) is 8.32. The summed E-state index contributed by atoms with van der Waals surface area (Å²) >= 11 is 0. The SMILES string of the molecule is NC(=O)[C@@]12CC1Oc1c2cc(C(O)(CNC(=O)c2cc(OC3CC3)c3ncccc3c2)C(F)(F)F)nc1-c1ccc(F)cc1. The highest BCUT2D eigenvalue weighted by molar-refractivity contribution is 6.00. The molecule has 0 radical (unpaired) electrons. The summed E-state index contributed by atoms with van der Waals surface area (Å²) in [6.45, 7) is -1.32. The molecule has 2 unspecified atom stereocenters. The number of halogens is 4. The number of benzene rings is 2. The average Bonchev–Trinajstić information content (AvgIpc) is 3.92. The minimum atomic E-state index is -5.34. The highest BCUT2D eigenvalue weighted by Crippen LogP contribution is 2.61. The number of nitrogens with zero attached hydrogens (tertiary/aromatic N) is 2. The first-order valence-electron chi connectivity index (χ1n) is 13.8. The van der Waals surface area contributed by atoms with E-state index >= 15 is 0 Å². The van der Waals surface area contributed by atoms with Crippen LogP contribution in [-0.4, -0.2) is 51.8 Å². The van der Waals surface area contributed by atoms with E-state index < -0.39 is 53.2 Å². The second kappa shape index (κ2) is 9.61. The van der Waals surface area contributed by atoms with Gasteiger partial charge in [-0.05, 0) is 61.4 Å². The first-order chi connectivity index (χ1) is 20.9. The number of nitrogens with two attached hydrogens (primary N) is 1. The highest BCUT2D eigenvalue weighted by Gasteiger charge is 2.69. The summed E-state index contributed by atoms with van der Waals surface area (Å²) in [7, 11) is 0. The summed E-state index contributed by atoms with van der Waals surface area (Å²) < 4.78 is 69.6. The fourth-order valence-electron chi connectivity index (χ4n) is 5.58. The number of fused-ring (bicyclic) bond motifs is 4. The van der Waals surface area contributed by atoms with E-state index in [0.717, 1.165) is 31.0 Å². The van der Waals surface area contributed by atoms with Crippen molar-refractivity contribution in [3.05, 3.63) is 83.4 Å². The number of pyridine rings is 2. The van der Waals surface area contributed by atoms with Crippen LogP contribution in [0.25, 0.3) is 22.2 Å². The van der Waals surface area contributed by atoms with Gasteiger partial charge in [0.2, 0.25) is 11.5 Å². The summed E-state index contributed by atoms with van der Waals surface area (Å²) in [5.41, 5.74) is 0.252. The number of hydrogen-bond donors (Lipinski definition) is 3. The molecule has 0 bridgehead atoms. The number of amides is 2. The molecule has 4 aromatic rings. The standard InChI is InChI=1S/C31H24F4N4O5/c32-18-5-3-15(4-6-18)25-26-20(29(28(36)41)13-23(29)44-26)12-22(39-25)30(42,31(33,34)35)14-38-27(40)17-10-16-2-1-9-37-24(16)21(11-17)43-19-7-8-19/h1-6,9-12,19,23,42H,7-8,13-14H2,(H2,36,41)(H,38,40)/t23?,29-,30?/m1/s1. The molecule has 2 aromatic heterocycles. The maximum absolute atomic E-state index is 14.7. The molecule has 0 spiro atoms. The minimum Gasteiger partial charge on any atom is -0.488 e. The Labute approximate surface area is 247 Å². The van der Waals surface area contributed by atoms with Crippen molar-refractivity contribution in [3.63, 3.8) is 0 Å². The Kier molecular flexibility index (Phi) is 6.12. The Hall–Kier alpha value is -4.78. The van der Waals surface area contributed by atoms with E-state index in [1.165, 1.54) is 24.3 Å². The molecular formula is C31H24F4N4O5. The quantitative estimate of drug-likeness (QED) is 0.257. The lowest BCUT2D eigenvalue weighted by atomic mass is 9.89. The summed E-state index contributed by atoms with van der Waals surface area (Å²) in [5.74, 6) is -1.96.